The maximum atomic E-state index is 8.95. The van der Waals surface area contributed by atoms with Crippen LogP contribution in [0.25, 0.3) is 0 Å². The van der Waals surface area contributed by atoms with Crippen LogP contribution in [0.4, 0.5) is 0 Å². The highest BCUT2D eigenvalue weighted by Crippen LogP contribution is 2.17. The Bertz CT molecular complexity index is 484. The second-order valence-electron chi connectivity index (χ2n) is 4.49. The Morgan fingerprint density at radius 1 is 1.32 bits per heavy atom. The Kier molecular flexibility index (Phi) is 5.39. The van der Waals surface area contributed by atoms with E-state index in [-0.39, 0.29) is 12.6 Å². The van der Waals surface area contributed by atoms with Crippen molar-refractivity contribution in [1.29, 1.82) is 0 Å². The van der Waals surface area contributed by atoms with Crippen molar-refractivity contribution in [3.05, 3.63) is 52.2 Å². The molecule has 0 saturated heterocycles. The number of hydrogen-bond donors (Lipinski definition) is 2. The average molecular weight is 277 g/mol. The lowest BCUT2D eigenvalue weighted by Crippen LogP contribution is -2.28. The summed E-state index contributed by atoms with van der Waals surface area (Å²) in [5.74, 6) is 0.891. The van der Waals surface area contributed by atoms with Crippen LogP contribution in [-0.2, 0) is 13.2 Å². The fraction of sp³-hybridized carbons (Fsp3) is 0.333. The van der Waals surface area contributed by atoms with Crippen molar-refractivity contribution < 1.29 is 9.84 Å². The normalized spacial score (nSPS) is 12.3. The number of rotatable bonds is 7. The quantitative estimate of drug-likeness (QED) is 0.817. The van der Waals surface area contributed by atoms with Crippen LogP contribution in [0, 0.1) is 0 Å². The van der Waals surface area contributed by atoms with Gasteiger partial charge in [-0.25, -0.2) is 0 Å². The maximum absolute atomic E-state index is 8.95. The molecule has 2 N–H and O–H groups in total. The van der Waals surface area contributed by atoms with E-state index >= 15 is 0 Å². The van der Waals surface area contributed by atoms with E-state index in [0.717, 1.165) is 12.3 Å². The van der Waals surface area contributed by atoms with Crippen LogP contribution in [-0.4, -0.2) is 17.8 Å². The molecule has 1 aromatic heterocycles. The monoisotopic (exact) mass is 277 g/mol. The minimum atomic E-state index is 0.131. The number of hydrogen-bond acceptors (Lipinski definition) is 4. The molecule has 0 aliphatic heterocycles. The first-order valence-corrected chi connectivity index (χ1v) is 7.24. The summed E-state index contributed by atoms with van der Waals surface area (Å²) in [6.07, 6.45) is 0. The van der Waals surface area contributed by atoms with Gasteiger partial charge in [-0.1, -0.05) is 18.2 Å². The molecule has 0 bridgehead atoms. The number of ether oxygens (including phenoxy) is 1. The van der Waals surface area contributed by atoms with E-state index in [4.69, 9.17) is 9.84 Å². The Balaban J connectivity index is 1.81. The van der Waals surface area contributed by atoms with Crippen LogP contribution < -0.4 is 10.1 Å². The highest BCUT2D eigenvalue weighted by atomic mass is 32.1. The first kappa shape index (κ1) is 14.1. The van der Waals surface area contributed by atoms with Crippen LogP contribution in [0.5, 0.6) is 5.75 Å². The van der Waals surface area contributed by atoms with E-state index in [9.17, 15) is 0 Å². The van der Waals surface area contributed by atoms with Crippen LogP contribution in [0.15, 0.2) is 41.8 Å². The third kappa shape index (κ3) is 4.67. The molecule has 0 radical (unpaired) electrons. The molecule has 3 nitrogen and oxygen atoms in total. The van der Waals surface area contributed by atoms with Crippen LogP contribution in [0.3, 0.4) is 0 Å². The number of thiophene rings is 1. The van der Waals surface area contributed by atoms with E-state index < -0.39 is 0 Å². The zero-order valence-corrected chi connectivity index (χ0v) is 11.8. The van der Waals surface area contributed by atoms with E-state index in [1.807, 2.05) is 37.3 Å². The summed E-state index contributed by atoms with van der Waals surface area (Å²) in [6.45, 7) is 3.51. The van der Waals surface area contributed by atoms with Gasteiger partial charge in [-0.3, -0.25) is 0 Å². The van der Waals surface area contributed by atoms with E-state index in [0.29, 0.717) is 6.61 Å². The second kappa shape index (κ2) is 7.28. The Morgan fingerprint density at radius 3 is 2.84 bits per heavy atom. The molecule has 1 heterocycles. The topological polar surface area (TPSA) is 41.5 Å². The summed E-state index contributed by atoms with van der Waals surface area (Å²) < 4.78 is 5.70. The lowest BCUT2D eigenvalue weighted by Gasteiger charge is -2.08. The van der Waals surface area contributed by atoms with Crippen LogP contribution in [0.2, 0.25) is 0 Å². The zero-order chi connectivity index (χ0) is 13.5. The molecule has 102 valence electrons. The lowest BCUT2D eigenvalue weighted by atomic mass is 10.3. The molecule has 0 amide bonds. The number of nitrogens with one attached hydrogen (secondary N) is 1. The largest absolute Gasteiger partial charge is 0.489 e. The van der Waals surface area contributed by atoms with Crippen molar-refractivity contribution in [3.63, 3.8) is 0 Å². The van der Waals surface area contributed by atoms with Gasteiger partial charge in [0.1, 0.15) is 12.4 Å². The highest BCUT2D eigenvalue weighted by molar-refractivity contribution is 7.10. The minimum absolute atomic E-state index is 0.131. The molecule has 19 heavy (non-hydrogen) atoms. The van der Waals surface area contributed by atoms with Gasteiger partial charge >= 0.3 is 0 Å². The molecule has 0 unspecified atom stereocenters. The molecule has 0 spiro atoms. The molecule has 0 fully saturated rings. The van der Waals surface area contributed by atoms with Gasteiger partial charge < -0.3 is 15.2 Å². The zero-order valence-electron chi connectivity index (χ0n) is 11.0. The van der Waals surface area contributed by atoms with Crippen molar-refractivity contribution in [3.8, 4) is 5.75 Å². The van der Waals surface area contributed by atoms with Crippen LogP contribution >= 0.6 is 11.3 Å². The standard InChI is InChI=1S/C15H19NO2S/c1-12(9-17)16-8-15-7-13(11-19-15)10-18-14-5-3-2-4-6-14/h2-7,11-12,16-17H,8-10H2,1H3/t12-/m1/s1. The first-order valence-electron chi connectivity index (χ1n) is 6.36. The van der Waals surface area contributed by atoms with Gasteiger partial charge in [-0.05, 0) is 30.5 Å². The highest BCUT2D eigenvalue weighted by Gasteiger charge is 2.03. The van der Waals surface area contributed by atoms with Gasteiger partial charge in [-0.15, -0.1) is 11.3 Å². The molecule has 1 atom stereocenters. The van der Waals surface area contributed by atoms with Crippen molar-refractivity contribution in [2.24, 2.45) is 0 Å². The van der Waals surface area contributed by atoms with Crippen molar-refractivity contribution in [2.75, 3.05) is 6.61 Å². The van der Waals surface area contributed by atoms with Gasteiger partial charge in [0.05, 0.1) is 6.61 Å². The summed E-state index contributed by atoms with van der Waals surface area (Å²) in [5, 5.41) is 14.3. The fourth-order valence-electron chi connectivity index (χ4n) is 1.62. The van der Waals surface area contributed by atoms with Gasteiger partial charge in [0.25, 0.3) is 0 Å². The summed E-state index contributed by atoms with van der Waals surface area (Å²) >= 11 is 1.71. The van der Waals surface area contributed by atoms with Gasteiger partial charge in [0.15, 0.2) is 0 Å². The number of aliphatic hydroxyl groups excluding tert-OH is 1. The third-order valence-electron chi connectivity index (χ3n) is 2.76. The third-order valence-corrected chi connectivity index (χ3v) is 3.74. The molecule has 1 aromatic carbocycles. The van der Waals surface area contributed by atoms with Crippen molar-refractivity contribution in [1.82, 2.24) is 5.32 Å². The molecule has 0 saturated carbocycles. The maximum Gasteiger partial charge on any atom is 0.119 e. The van der Waals surface area contributed by atoms with Crippen LogP contribution in [0.1, 0.15) is 17.4 Å². The SMILES string of the molecule is C[C@H](CO)NCc1cc(COc2ccccc2)cs1. The average Bonchev–Trinajstić information content (AvgIpc) is 2.91. The summed E-state index contributed by atoms with van der Waals surface area (Å²) in [7, 11) is 0. The van der Waals surface area contributed by atoms with Crippen molar-refractivity contribution >= 4 is 11.3 Å². The van der Waals surface area contributed by atoms with E-state index in [1.54, 1.807) is 11.3 Å². The molecule has 0 aliphatic carbocycles. The van der Waals surface area contributed by atoms with Gasteiger partial charge in [0, 0.05) is 23.0 Å². The second-order valence-corrected chi connectivity index (χ2v) is 5.48. The molecule has 2 rings (SSSR count). The first-order chi connectivity index (χ1) is 9.28. The predicted molar refractivity (Wildman–Crippen MR) is 78.5 cm³/mol. The Labute approximate surface area is 117 Å². The summed E-state index contributed by atoms with van der Waals surface area (Å²) in [4.78, 5) is 1.26. The summed E-state index contributed by atoms with van der Waals surface area (Å²) in [6, 6.07) is 12.1. The smallest absolute Gasteiger partial charge is 0.119 e. The number of aliphatic hydroxyl groups is 1. The molecule has 4 heteroatoms. The summed E-state index contributed by atoms with van der Waals surface area (Å²) in [5.41, 5.74) is 1.18. The van der Waals surface area contributed by atoms with E-state index in [1.165, 1.54) is 10.4 Å². The number of para-hydroxylation sites is 1. The number of benzene rings is 1. The van der Waals surface area contributed by atoms with E-state index in [2.05, 4.69) is 16.8 Å². The van der Waals surface area contributed by atoms with Crippen molar-refractivity contribution in [2.45, 2.75) is 26.1 Å². The molecule has 2 aromatic rings. The Hall–Kier alpha value is -1.36. The molecular formula is C15H19NO2S. The van der Waals surface area contributed by atoms with Gasteiger partial charge in [-0.2, -0.15) is 0 Å². The minimum Gasteiger partial charge on any atom is -0.489 e. The molecular weight excluding hydrogens is 258 g/mol. The van der Waals surface area contributed by atoms with Gasteiger partial charge in [0.2, 0.25) is 0 Å². The fourth-order valence-corrected chi connectivity index (χ4v) is 2.44. The predicted octanol–water partition coefficient (Wildman–Crippen LogP) is 2.80. The molecule has 0 aliphatic rings. The lowest BCUT2D eigenvalue weighted by molar-refractivity contribution is 0.251. The Morgan fingerprint density at radius 2 is 2.11 bits per heavy atom.